The molecule has 0 aromatic carbocycles. The number of fused-ring (bicyclic) bond motifs is 1. The number of halogens is 1. The second-order valence-electron chi connectivity index (χ2n) is 3.81. The second-order valence-corrected chi connectivity index (χ2v) is 4.19. The lowest BCUT2D eigenvalue weighted by molar-refractivity contribution is 0.617. The maximum absolute atomic E-state index is 5.89. The molecule has 94 valence electrons. The summed E-state index contributed by atoms with van der Waals surface area (Å²) in [6, 6.07) is 3.60. The molecule has 0 radical (unpaired) electrons. The molecule has 5 heteroatoms. The number of imidazole rings is 1. The van der Waals surface area contributed by atoms with Crippen molar-refractivity contribution in [3.05, 3.63) is 48.0 Å². The maximum Gasteiger partial charge on any atom is 0.163 e. The van der Waals surface area contributed by atoms with Crippen LogP contribution in [0.2, 0.25) is 5.15 Å². The van der Waals surface area contributed by atoms with E-state index in [0.29, 0.717) is 11.8 Å². The highest BCUT2D eigenvalue weighted by Gasteiger charge is 2.04. The highest BCUT2D eigenvalue weighted by atomic mass is 35.5. The molecule has 0 unspecified atom stereocenters. The van der Waals surface area contributed by atoms with Gasteiger partial charge in [0.2, 0.25) is 0 Å². The van der Waals surface area contributed by atoms with Gasteiger partial charge in [0.15, 0.2) is 5.65 Å². The van der Waals surface area contributed by atoms with Crippen LogP contribution >= 0.6 is 11.6 Å². The molecule has 2 rings (SSSR count). The number of pyridine rings is 1. The van der Waals surface area contributed by atoms with Crippen LogP contribution in [-0.2, 0) is 6.67 Å². The molecule has 0 spiro atoms. The summed E-state index contributed by atoms with van der Waals surface area (Å²) in [7, 11) is 0. The van der Waals surface area contributed by atoms with Crippen molar-refractivity contribution < 1.29 is 0 Å². The van der Waals surface area contributed by atoms with Crippen molar-refractivity contribution in [2.24, 2.45) is 0 Å². The Morgan fingerprint density at radius 2 is 2.39 bits per heavy atom. The van der Waals surface area contributed by atoms with Gasteiger partial charge in [-0.05, 0) is 24.6 Å². The van der Waals surface area contributed by atoms with Crippen molar-refractivity contribution in [3.63, 3.8) is 0 Å². The third kappa shape index (κ3) is 2.71. The SMILES string of the molecule is C=C/C=C(\CC)NCn1cnc2ccc(Cl)nc21. The lowest BCUT2D eigenvalue weighted by Crippen LogP contribution is -2.17. The highest BCUT2D eigenvalue weighted by molar-refractivity contribution is 6.29. The van der Waals surface area contributed by atoms with E-state index in [1.807, 2.05) is 16.7 Å². The van der Waals surface area contributed by atoms with E-state index in [0.717, 1.165) is 23.3 Å². The number of nitrogens with zero attached hydrogens (tertiary/aromatic N) is 3. The van der Waals surface area contributed by atoms with Crippen LogP contribution in [0.5, 0.6) is 0 Å². The Bertz CT molecular complexity index is 586. The fourth-order valence-electron chi connectivity index (χ4n) is 1.66. The average molecular weight is 263 g/mol. The molecule has 2 aromatic heterocycles. The number of aromatic nitrogens is 3. The van der Waals surface area contributed by atoms with E-state index in [-0.39, 0.29) is 0 Å². The third-order valence-corrected chi connectivity index (χ3v) is 2.82. The van der Waals surface area contributed by atoms with Crippen LogP contribution in [0.3, 0.4) is 0 Å². The Kier molecular flexibility index (Phi) is 3.99. The molecule has 0 fully saturated rings. The zero-order chi connectivity index (χ0) is 13.0. The predicted octanol–water partition coefficient (Wildman–Crippen LogP) is 3.11. The van der Waals surface area contributed by atoms with Crippen LogP contribution in [0.1, 0.15) is 13.3 Å². The zero-order valence-electron chi connectivity index (χ0n) is 10.2. The fraction of sp³-hybridized carbons (Fsp3) is 0.231. The Morgan fingerprint density at radius 1 is 1.56 bits per heavy atom. The lowest BCUT2D eigenvalue weighted by atomic mass is 10.3. The van der Waals surface area contributed by atoms with Gasteiger partial charge in [0.1, 0.15) is 10.7 Å². The maximum atomic E-state index is 5.89. The van der Waals surface area contributed by atoms with Gasteiger partial charge >= 0.3 is 0 Å². The Hall–Kier alpha value is -1.81. The minimum atomic E-state index is 0.474. The first kappa shape index (κ1) is 12.6. The summed E-state index contributed by atoms with van der Waals surface area (Å²) in [5.74, 6) is 0. The van der Waals surface area contributed by atoms with Crippen LogP contribution in [0.4, 0.5) is 0 Å². The van der Waals surface area contributed by atoms with E-state index in [2.05, 4.69) is 28.8 Å². The van der Waals surface area contributed by atoms with Gasteiger partial charge in [-0.1, -0.05) is 31.2 Å². The van der Waals surface area contributed by atoms with Gasteiger partial charge in [-0.25, -0.2) is 9.97 Å². The Morgan fingerprint density at radius 3 is 3.11 bits per heavy atom. The van der Waals surface area contributed by atoms with Crippen molar-refractivity contribution >= 4 is 22.8 Å². The predicted molar refractivity (Wildman–Crippen MR) is 74.2 cm³/mol. The van der Waals surface area contributed by atoms with Gasteiger partial charge in [0.25, 0.3) is 0 Å². The number of allylic oxidation sites excluding steroid dienone is 3. The van der Waals surface area contributed by atoms with Gasteiger partial charge in [-0.3, -0.25) is 4.57 Å². The average Bonchev–Trinajstić information content (AvgIpc) is 2.77. The number of hydrogen-bond acceptors (Lipinski definition) is 3. The van der Waals surface area contributed by atoms with Gasteiger partial charge in [0.05, 0.1) is 13.0 Å². The molecular formula is C13H15ClN4. The molecule has 0 saturated heterocycles. The molecule has 2 aromatic rings. The summed E-state index contributed by atoms with van der Waals surface area (Å²) in [4.78, 5) is 8.54. The number of nitrogens with one attached hydrogen (secondary N) is 1. The Labute approximate surface area is 111 Å². The molecule has 0 aliphatic rings. The molecule has 18 heavy (non-hydrogen) atoms. The smallest absolute Gasteiger partial charge is 0.163 e. The highest BCUT2D eigenvalue weighted by Crippen LogP contribution is 2.13. The topological polar surface area (TPSA) is 42.7 Å². The summed E-state index contributed by atoms with van der Waals surface area (Å²) < 4.78 is 1.92. The van der Waals surface area contributed by atoms with E-state index >= 15 is 0 Å². The normalized spacial score (nSPS) is 11.8. The van der Waals surface area contributed by atoms with Gasteiger partial charge in [-0.2, -0.15) is 0 Å². The van der Waals surface area contributed by atoms with Crippen molar-refractivity contribution in [2.75, 3.05) is 0 Å². The van der Waals surface area contributed by atoms with Crippen LogP contribution < -0.4 is 5.32 Å². The lowest BCUT2D eigenvalue weighted by Gasteiger charge is -2.09. The first-order chi connectivity index (χ1) is 8.74. The van der Waals surface area contributed by atoms with Crippen LogP contribution in [0, 0.1) is 0 Å². The molecular weight excluding hydrogens is 248 g/mol. The number of rotatable bonds is 5. The van der Waals surface area contributed by atoms with Crippen LogP contribution in [-0.4, -0.2) is 14.5 Å². The van der Waals surface area contributed by atoms with Crippen molar-refractivity contribution in [1.29, 1.82) is 0 Å². The largest absolute Gasteiger partial charge is 0.371 e. The minimum absolute atomic E-state index is 0.474. The third-order valence-electron chi connectivity index (χ3n) is 2.61. The molecule has 2 heterocycles. The number of hydrogen-bond donors (Lipinski definition) is 1. The van der Waals surface area contributed by atoms with Crippen LogP contribution in [0.15, 0.2) is 42.9 Å². The first-order valence-corrected chi connectivity index (χ1v) is 6.15. The zero-order valence-corrected chi connectivity index (χ0v) is 11.0. The molecule has 0 aliphatic heterocycles. The van der Waals surface area contributed by atoms with E-state index in [1.54, 1.807) is 18.5 Å². The quantitative estimate of drug-likeness (QED) is 0.665. The molecule has 0 saturated carbocycles. The summed E-state index contributed by atoms with van der Waals surface area (Å²) in [5, 5.41) is 3.79. The first-order valence-electron chi connectivity index (χ1n) is 5.77. The minimum Gasteiger partial charge on any atom is -0.371 e. The van der Waals surface area contributed by atoms with Crippen molar-refractivity contribution in [2.45, 2.75) is 20.0 Å². The van der Waals surface area contributed by atoms with Gasteiger partial charge in [0, 0.05) is 5.70 Å². The molecule has 1 N–H and O–H groups in total. The molecule has 0 bridgehead atoms. The Balaban J connectivity index is 2.19. The standard InChI is InChI=1S/C13H15ClN4/c1-3-5-10(4-2)15-8-18-9-16-11-6-7-12(14)17-13(11)18/h3,5-7,9,15H,1,4,8H2,2H3/b10-5+. The second kappa shape index (κ2) is 5.69. The van der Waals surface area contributed by atoms with Crippen molar-refractivity contribution in [3.8, 4) is 0 Å². The van der Waals surface area contributed by atoms with E-state index in [9.17, 15) is 0 Å². The monoisotopic (exact) mass is 262 g/mol. The van der Waals surface area contributed by atoms with Crippen molar-refractivity contribution in [1.82, 2.24) is 19.9 Å². The summed E-state index contributed by atoms with van der Waals surface area (Å²) in [6.45, 7) is 6.38. The molecule has 4 nitrogen and oxygen atoms in total. The summed E-state index contributed by atoms with van der Waals surface area (Å²) in [5.41, 5.74) is 2.74. The van der Waals surface area contributed by atoms with Gasteiger partial charge in [-0.15, -0.1) is 0 Å². The van der Waals surface area contributed by atoms with E-state index < -0.39 is 0 Å². The molecule has 0 amide bonds. The van der Waals surface area contributed by atoms with Crippen LogP contribution in [0.25, 0.3) is 11.2 Å². The molecule has 0 atom stereocenters. The molecule has 0 aliphatic carbocycles. The summed E-state index contributed by atoms with van der Waals surface area (Å²) in [6.07, 6.45) is 6.40. The van der Waals surface area contributed by atoms with E-state index in [4.69, 9.17) is 11.6 Å². The van der Waals surface area contributed by atoms with E-state index in [1.165, 1.54) is 0 Å². The summed E-state index contributed by atoms with van der Waals surface area (Å²) >= 11 is 5.89. The van der Waals surface area contributed by atoms with Gasteiger partial charge < -0.3 is 5.32 Å². The fourth-order valence-corrected chi connectivity index (χ4v) is 1.81.